The van der Waals surface area contributed by atoms with Gasteiger partial charge in [-0.1, -0.05) is 30.3 Å². The molecular formula is C16H21N3O. The third kappa shape index (κ3) is 3.68. The summed E-state index contributed by atoms with van der Waals surface area (Å²) in [6, 6.07) is 10.4. The zero-order chi connectivity index (χ0) is 13.6. The van der Waals surface area contributed by atoms with E-state index in [1.54, 1.807) is 0 Å². The van der Waals surface area contributed by atoms with Crippen molar-refractivity contribution < 1.29 is 4.74 Å². The van der Waals surface area contributed by atoms with Crippen molar-refractivity contribution in [3.63, 3.8) is 0 Å². The van der Waals surface area contributed by atoms with Gasteiger partial charge in [0.15, 0.2) is 0 Å². The fourth-order valence-corrected chi connectivity index (χ4v) is 2.49. The second-order valence-electron chi connectivity index (χ2n) is 5.33. The van der Waals surface area contributed by atoms with Gasteiger partial charge in [0.25, 0.3) is 0 Å². The third-order valence-corrected chi connectivity index (χ3v) is 3.70. The molecule has 1 aliphatic heterocycles. The summed E-state index contributed by atoms with van der Waals surface area (Å²) in [7, 11) is 0. The number of hydrogen-bond acceptors (Lipinski definition) is 3. The average molecular weight is 271 g/mol. The molecule has 1 aromatic heterocycles. The highest BCUT2D eigenvalue weighted by Crippen LogP contribution is 2.14. The summed E-state index contributed by atoms with van der Waals surface area (Å²) < 4.78 is 8.02. The lowest BCUT2D eigenvalue weighted by Crippen LogP contribution is -2.52. The van der Waals surface area contributed by atoms with Gasteiger partial charge in [-0.25, -0.2) is 4.98 Å². The Morgan fingerprint density at radius 3 is 2.75 bits per heavy atom. The van der Waals surface area contributed by atoms with Crippen molar-refractivity contribution in [2.45, 2.75) is 25.7 Å². The molecule has 0 atom stereocenters. The topological polar surface area (TPSA) is 30.3 Å². The van der Waals surface area contributed by atoms with Crippen LogP contribution in [0.2, 0.25) is 0 Å². The van der Waals surface area contributed by atoms with Gasteiger partial charge in [0.2, 0.25) is 0 Å². The van der Waals surface area contributed by atoms with Crippen molar-refractivity contribution in [1.29, 1.82) is 0 Å². The number of imidazole rings is 1. The molecule has 0 amide bonds. The molecule has 0 bridgehead atoms. The summed E-state index contributed by atoms with van der Waals surface area (Å²) >= 11 is 0. The second-order valence-corrected chi connectivity index (χ2v) is 5.33. The molecule has 0 aliphatic carbocycles. The van der Waals surface area contributed by atoms with Crippen LogP contribution in [0.15, 0.2) is 49.1 Å². The maximum atomic E-state index is 5.89. The molecule has 1 aliphatic rings. The number of benzene rings is 1. The van der Waals surface area contributed by atoms with Gasteiger partial charge in [0.1, 0.15) is 0 Å². The summed E-state index contributed by atoms with van der Waals surface area (Å²) in [5, 5.41) is 0. The minimum Gasteiger partial charge on any atom is -0.371 e. The lowest BCUT2D eigenvalue weighted by atomic mass is 10.1. The van der Waals surface area contributed by atoms with E-state index in [2.05, 4.69) is 38.7 Å². The normalized spacial score (nSPS) is 16.2. The molecule has 1 fully saturated rings. The highest BCUT2D eigenvalue weighted by atomic mass is 16.5. The molecule has 0 saturated carbocycles. The number of aryl methyl sites for hydroxylation is 1. The van der Waals surface area contributed by atoms with Gasteiger partial charge in [0, 0.05) is 38.6 Å². The molecule has 0 spiro atoms. The predicted molar refractivity (Wildman–Crippen MR) is 78.3 cm³/mol. The van der Waals surface area contributed by atoms with E-state index < -0.39 is 0 Å². The minimum atomic E-state index is 0.406. The van der Waals surface area contributed by atoms with Crippen molar-refractivity contribution in [3.8, 4) is 0 Å². The zero-order valence-corrected chi connectivity index (χ0v) is 11.7. The van der Waals surface area contributed by atoms with Crippen molar-refractivity contribution in [1.82, 2.24) is 14.5 Å². The van der Waals surface area contributed by atoms with Crippen molar-refractivity contribution >= 4 is 0 Å². The van der Waals surface area contributed by atoms with Crippen molar-refractivity contribution in [2.75, 3.05) is 19.6 Å². The second kappa shape index (κ2) is 6.68. The Kier molecular flexibility index (Phi) is 4.46. The molecule has 2 aromatic rings. The molecule has 0 N–H and O–H groups in total. The van der Waals surface area contributed by atoms with Gasteiger partial charge >= 0.3 is 0 Å². The van der Waals surface area contributed by atoms with Crippen LogP contribution in [0.4, 0.5) is 0 Å². The van der Waals surface area contributed by atoms with E-state index in [0.717, 1.165) is 32.8 Å². The first-order valence-electron chi connectivity index (χ1n) is 7.24. The van der Waals surface area contributed by atoms with E-state index in [1.807, 2.05) is 24.8 Å². The summed E-state index contributed by atoms with van der Waals surface area (Å²) in [6.07, 6.45) is 7.30. The van der Waals surface area contributed by atoms with Gasteiger partial charge in [-0.15, -0.1) is 0 Å². The van der Waals surface area contributed by atoms with Crippen LogP contribution in [0.5, 0.6) is 0 Å². The summed E-state index contributed by atoms with van der Waals surface area (Å²) in [4.78, 5) is 6.50. The van der Waals surface area contributed by atoms with Gasteiger partial charge in [0.05, 0.1) is 19.0 Å². The van der Waals surface area contributed by atoms with E-state index in [-0.39, 0.29) is 0 Å². The largest absolute Gasteiger partial charge is 0.371 e. The fraction of sp³-hybridized carbons (Fsp3) is 0.438. The number of hydrogen-bond donors (Lipinski definition) is 0. The maximum absolute atomic E-state index is 5.89. The summed E-state index contributed by atoms with van der Waals surface area (Å²) in [5.74, 6) is 0. The molecule has 20 heavy (non-hydrogen) atoms. The van der Waals surface area contributed by atoms with Crippen LogP contribution in [0.1, 0.15) is 12.0 Å². The van der Waals surface area contributed by atoms with Crippen LogP contribution in [0, 0.1) is 0 Å². The Morgan fingerprint density at radius 1 is 1.15 bits per heavy atom. The molecule has 1 aromatic carbocycles. The van der Waals surface area contributed by atoms with Crippen LogP contribution in [0.3, 0.4) is 0 Å². The SMILES string of the molecule is c1ccc(COC2CN(CCCn3ccnc3)C2)cc1. The van der Waals surface area contributed by atoms with Crippen LogP contribution >= 0.6 is 0 Å². The van der Waals surface area contributed by atoms with Gasteiger partial charge in [-0.2, -0.15) is 0 Å². The van der Waals surface area contributed by atoms with E-state index in [9.17, 15) is 0 Å². The average Bonchev–Trinajstić information content (AvgIpc) is 2.94. The van der Waals surface area contributed by atoms with Gasteiger partial charge in [-0.05, 0) is 12.0 Å². The van der Waals surface area contributed by atoms with Crippen LogP contribution in [0.25, 0.3) is 0 Å². The molecule has 106 valence electrons. The van der Waals surface area contributed by atoms with E-state index in [4.69, 9.17) is 4.74 Å². The molecule has 4 heteroatoms. The van der Waals surface area contributed by atoms with Crippen molar-refractivity contribution in [3.05, 3.63) is 54.6 Å². The lowest BCUT2D eigenvalue weighted by Gasteiger charge is -2.39. The maximum Gasteiger partial charge on any atom is 0.0945 e. The molecule has 3 rings (SSSR count). The first-order valence-corrected chi connectivity index (χ1v) is 7.24. The fourth-order valence-electron chi connectivity index (χ4n) is 2.49. The first-order chi connectivity index (χ1) is 9.90. The number of nitrogens with zero attached hydrogens (tertiary/aromatic N) is 3. The van der Waals surface area contributed by atoms with Gasteiger partial charge in [-0.3, -0.25) is 4.90 Å². The molecule has 1 saturated heterocycles. The molecular weight excluding hydrogens is 250 g/mol. The number of aromatic nitrogens is 2. The monoisotopic (exact) mass is 271 g/mol. The summed E-state index contributed by atoms with van der Waals surface area (Å²) in [6.45, 7) is 5.05. The highest BCUT2D eigenvalue weighted by molar-refractivity contribution is 5.13. The Hall–Kier alpha value is -1.65. The van der Waals surface area contributed by atoms with Crippen LogP contribution in [-0.2, 0) is 17.9 Å². The molecule has 0 unspecified atom stereocenters. The van der Waals surface area contributed by atoms with E-state index in [0.29, 0.717) is 6.10 Å². The van der Waals surface area contributed by atoms with Crippen LogP contribution < -0.4 is 0 Å². The summed E-state index contributed by atoms with van der Waals surface area (Å²) in [5.41, 5.74) is 1.26. The number of rotatable bonds is 7. The van der Waals surface area contributed by atoms with E-state index >= 15 is 0 Å². The minimum absolute atomic E-state index is 0.406. The third-order valence-electron chi connectivity index (χ3n) is 3.70. The Balaban J connectivity index is 1.27. The Bertz CT molecular complexity index is 492. The van der Waals surface area contributed by atoms with Crippen LogP contribution in [-0.4, -0.2) is 40.2 Å². The quantitative estimate of drug-likeness (QED) is 0.773. The van der Waals surface area contributed by atoms with Gasteiger partial charge < -0.3 is 9.30 Å². The number of ether oxygens (including phenoxy) is 1. The van der Waals surface area contributed by atoms with E-state index in [1.165, 1.54) is 12.0 Å². The number of likely N-dealkylation sites (tertiary alicyclic amines) is 1. The Labute approximate surface area is 120 Å². The molecule has 4 nitrogen and oxygen atoms in total. The standard InChI is InChI=1S/C16H21N3O/c1-2-5-15(6-3-1)13-20-16-11-19(12-16)9-4-8-18-10-7-17-14-18/h1-3,5-7,10,14,16H,4,8-9,11-13H2. The van der Waals surface area contributed by atoms with Crippen molar-refractivity contribution in [2.24, 2.45) is 0 Å². The first kappa shape index (κ1) is 13.3. The Morgan fingerprint density at radius 2 is 2.00 bits per heavy atom. The smallest absolute Gasteiger partial charge is 0.0945 e. The lowest BCUT2D eigenvalue weighted by molar-refractivity contribution is -0.0628. The molecule has 2 heterocycles. The zero-order valence-electron chi connectivity index (χ0n) is 11.7. The highest BCUT2D eigenvalue weighted by Gasteiger charge is 2.26. The molecule has 0 radical (unpaired) electrons. The predicted octanol–water partition coefficient (Wildman–Crippen LogP) is 2.17.